The van der Waals surface area contributed by atoms with Gasteiger partial charge in [0, 0.05) is 17.7 Å². The maximum atomic E-state index is 12.3. The molecule has 0 saturated heterocycles. The number of carbonyl (C=O) groups excluding carboxylic acids is 1. The van der Waals surface area contributed by atoms with Gasteiger partial charge in [-0.3, -0.25) is 4.79 Å². The van der Waals surface area contributed by atoms with E-state index >= 15 is 0 Å². The SMILES string of the molecule is CCc1ccc2c(c1CNC(=O)c1ccc(OC(F)(F)F)cc1)NNN2. The molecule has 1 aliphatic heterocycles. The fraction of sp³-hybridized carbons (Fsp3) is 0.235. The molecule has 26 heavy (non-hydrogen) atoms. The molecular formula is C17H17F3N4O2. The van der Waals surface area contributed by atoms with Crippen LogP contribution in [0, 0.1) is 0 Å². The smallest absolute Gasteiger partial charge is 0.406 e. The average Bonchev–Trinajstić information content (AvgIpc) is 3.07. The summed E-state index contributed by atoms with van der Waals surface area (Å²) in [7, 11) is 0. The predicted octanol–water partition coefficient (Wildman–Crippen LogP) is 3.33. The number of anilines is 2. The second-order valence-electron chi connectivity index (χ2n) is 5.61. The van der Waals surface area contributed by atoms with Crippen molar-refractivity contribution in [3.63, 3.8) is 0 Å². The summed E-state index contributed by atoms with van der Waals surface area (Å²) < 4.78 is 40.3. The first kappa shape index (κ1) is 17.9. The molecule has 0 aliphatic carbocycles. The van der Waals surface area contributed by atoms with Crippen LogP contribution in [0.5, 0.6) is 5.75 Å². The van der Waals surface area contributed by atoms with E-state index in [4.69, 9.17) is 0 Å². The first-order valence-corrected chi connectivity index (χ1v) is 7.93. The monoisotopic (exact) mass is 366 g/mol. The summed E-state index contributed by atoms with van der Waals surface area (Å²) >= 11 is 0. The number of carbonyl (C=O) groups is 1. The molecule has 6 nitrogen and oxygen atoms in total. The van der Waals surface area contributed by atoms with Gasteiger partial charge in [-0.2, -0.15) is 0 Å². The van der Waals surface area contributed by atoms with Crippen molar-refractivity contribution in [2.45, 2.75) is 26.3 Å². The van der Waals surface area contributed by atoms with Gasteiger partial charge in [-0.25, -0.2) is 0 Å². The number of aryl methyl sites for hydroxylation is 1. The lowest BCUT2D eigenvalue weighted by atomic mass is 10.0. The molecular weight excluding hydrogens is 349 g/mol. The highest BCUT2D eigenvalue weighted by atomic mass is 19.4. The summed E-state index contributed by atoms with van der Waals surface area (Å²) in [6.45, 7) is 2.30. The number of amides is 1. The number of hydrogen-bond donors (Lipinski definition) is 4. The fourth-order valence-corrected chi connectivity index (χ4v) is 2.71. The van der Waals surface area contributed by atoms with Gasteiger partial charge < -0.3 is 20.9 Å². The molecule has 2 aromatic rings. The van der Waals surface area contributed by atoms with Gasteiger partial charge in [-0.05, 0) is 42.3 Å². The third-order valence-corrected chi connectivity index (χ3v) is 3.95. The van der Waals surface area contributed by atoms with Crippen LogP contribution in [0.3, 0.4) is 0 Å². The second kappa shape index (κ2) is 7.12. The van der Waals surface area contributed by atoms with E-state index in [-0.39, 0.29) is 23.8 Å². The van der Waals surface area contributed by atoms with E-state index in [2.05, 4.69) is 26.4 Å². The Balaban J connectivity index is 1.69. The lowest BCUT2D eigenvalue weighted by Gasteiger charge is -2.14. The van der Waals surface area contributed by atoms with E-state index in [0.29, 0.717) is 0 Å². The predicted molar refractivity (Wildman–Crippen MR) is 90.5 cm³/mol. The van der Waals surface area contributed by atoms with Gasteiger partial charge in [0.05, 0.1) is 11.4 Å². The number of rotatable bonds is 5. The molecule has 0 atom stereocenters. The van der Waals surface area contributed by atoms with E-state index in [9.17, 15) is 18.0 Å². The van der Waals surface area contributed by atoms with Crippen molar-refractivity contribution < 1.29 is 22.7 Å². The Hall–Kier alpha value is -2.94. The summed E-state index contributed by atoms with van der Waals surface area (Å²) in [6, 6.07) is 8.70. The Morgan fingerprint density at radius 1 is 1.12 bits per heavy atom. The van der Waals surface area contributed by atoms with Crippen LogP contribution in [0.4, 0.5) is 24.5 Å². The molecule has 0 aromatic heterocycles. The van der Waals surface area contributed by atoms with Crippen LogP contribution in [0.15, 0.2) is 36.4 Å². The van der Waals surface area contributed by atoms with Crippen LogP contribution >= 0.6 is 0 Å². The summed E-state index contributed by atoms with van der Waals surface area (Å²) in [5.41, 5.74) is 12.8. The van der Waals surface area contributed by atoms with Gasteiger partial charge >= 0.3 is 6.36 Å². The van der Waals surface area contributed by atoms with Crippen LogP contribution in [-0.4, -0.2) is 12.3 Å². The van der Waals surface area contributed by atoms with E-state index in [1.807, 2.05) is 19.1 Å². The molecule has 4 N–H and O–H groups in total. The van der Waals surface area contributed by atoms with Gasteiger partial charge in [0.2, 0.25) is 0 Å². The second-order valence-corrected chi connectivity index (χ2v) is 5.61. The third kappa shape index (κ3) is 3.99. The van der Waals surface area contributed by atoms with Crippen molar-refractivity contribution in [2.75, 3.05) is 10.9 Å². The van der Waals surface area contributed by atoms with Crippen molar-refractivity contribution in [2.24, 2.45) is 0 Å². The zero-order chi connectivity index (χ0) is 18.7. The number of hydrogen-bond acceptors (Lipinski definition) is 5. The van der Waals surface area contributed by atoms with Gasteiger partial charge in [0.15, 0.2) is 0 Å². The van der Waals surface area contributed by atoms with Crippen LogP contribution in [-0.2, 0) is 13.0 Å². The van der Waals surface area contributed by atoms with Gasteiger partial charge in [-0.15, -0.1) is 18.7 Å². The van der Waals surface area contributed by atoms with Crippen molar-refractivity contribution in [3.05, 3.63) is 53.1 Å². The highest BCUT2D eigenvalue weighted by Crippen LogP contribution is 2.31. The highest BCUT2D eigenvalue weighted by Gasteiger charge is 2.31. The van der Waals surface area contributed by atoms with E-state index in [0.717, 1.165) is 41.1 Å². The average molecular weight is 366 g/mol. The Labute approximate surface area is 147 Å². The highest BCUT2D eigenvalue weighted by molar-refractivity contribution is 5.94. The summed E-state index contributed by atoms with van der Waals surface area (Å²) in [5, 5.41) is 2.79. The zero-order valence-electron chi connectivity index (χ0n) is 13.8. The number of halogens is 3. The Morgan fingerprint density at radius 3 is 2.50 bits per heavy atom. The number of fused-ring (bicyclic) bond motifs is 1. The number of alkyl halides is 3. The molecule has 0 spiro atoms. The van der Waals surface area contributed by atoms with Gasteiger partial charge in [0.25, 0.3) is 5.91 Å². The maximum Gasteiger partial charge on any atom is 0.573 e. The molecule has 9 heteroatoms. The Bertz CT molecular complexity index is 807. The minimum Gasteiger partial charge on any atom is -0.406 e. The van der Waals surface area contributed by atoms with Crippen molar-refractivity contribution in [1.82, 2.24) is 10.9 Å². The van der Waals surface area contributed by atoms with E-state index in [1.165, 1.54) is 12.1 Å². The van der Waals surface area contributed by atoms with Crippen molar-refractivity contribution in [3.8, 4) is 5.75 Å². The van der Waals surface area contributed by atoms with Gasteiger partial charge in [-0.1, -0.05) is 13.0 Å². The number of benzene rings is 2. The van der Waals surface area contributed by atoms with Crippen LogP contribution in [0.25, 0.3) is 0 Å². The minimum absolute atomic E-state index is 0.245. The molecule has 0 fully saturated rings. The molecule has 138 valence electrons. The Morgan fingerprint density at radius 2 is 1.85 bits per heavy atom. The molecule has 1 aliphatic rings. The number of hydrazine groups is 2. The summed E-state index contributed by atoms with van der Waals surface area (Å²) in [4.78, 5) is 12.3. The lowest BCUT2D eigenvalue weighted by Crippen LogP contribution is -2.24. The minimum atomic E-state index is -4.76. The third-order valence-electron chi connectivity index (χ3n) is 3.95. The molecule has 0 radical (unpaired) electrons. The van der Waals surface area contributed by atoms with Crippen molar-refractivity contribution >= 4 is 17.3 Å². The molecule has 0 unspecified atom stereocenters. The first-order valence-electron chi connectivity index (χ1n) is 7.93. The summed E-state index contributed by atoms with van der Waals surface area (Å²) in [6.07, 6.45) is -3.97. The molecule has 0 bridgehead atoms. The largest absolute Gasteiger partial charge is 0.573 e. The standard InChI is InChI=1S/C17H17F3N4O2/c1-2-10-5-8-14-15(23-24-22-14)13(10)9-21-16(25)11-3-6-12(7-4-11)26-17(18,19)20/h3-8,22-24H,2,9H2,1H3,(H,21,25). The Kier molecular flexibility index (Phi) is 4.90. The molecule has 2 aromatic carbocycles. The molecule has 3 rings (SSSR count). The van der Waals surface area contributed by atoms with Crippen LogP contribution < -0.4 is 26.4 Å². The summed E-state index contributed by atoms with van der Waals surface area (Å²) in [5.74, 6) is -0.758. The molecule has 1 amide bonds. The number of ether oxygens (including phenoxy) is 1. The zero-order valence-corrected chi connectivity index (χ0v) is 13.8. The molecule has 1 heterocycles. The van der Waals surface area contributed by atoms with Crippen molar-refractivity contribution in [1.29, 1.82) is 0 Å². The van der Waals surface area contributed by atoms with Crippen LogP contribution in [0.1, 0.15) is 28.4 Å². The maximum absolute atomic E-state index is 12.3. The molecule has 0 saturated carbocycles. The fourth-order valence-electron chi connectivity index (χ4n) is 2.71. The first-order chi connectivity index (χ1) is 12.4. The van der Waals surface area contributed by atoms with Crippen LogP contribution in [0.2, 0.25) is 0 Å². The van der Waals surface area contributed by atoms with Gasteiger partial charge in [0.1, 0.15) is 5.75 Å². The quantitative estimate of drug-likeness (QED) is 0.653. The topological polar surface area (TPSA) is 74.4 Å². The van der Waals surface area contributed by atoms with E-state index < -0.39 is 6.36 Å². The number of nitrogens with one attached hydrogen (secondary N) is 4. The normalized spacial score (nSPS) is 12.8. The lowest BCUT2D eigenvalue weighted by molar-refractivity contribution is -0.274. The van der Waals surface area contributed by atoms with E-state index in [1.54, 1.807) is 0 Å².